The quantitative estimate of drug-likeness (QED) is 0.154. The average molecular weight is 729 g/mol. The molecule has 57 heavy (non-hydrogen) atoms. The first-order valence-corrected chi connectivity index (χ1v) is 19.6. The Hall–Kier alpha value is -7.42. The van der Waals surface area contributed by atoms with E-state index >= 15 is 0 Å². The number of anilines is 6. The molecule has 0 saturated heterocycles. The summed E-state index contributed by atoms with van der Waals surface area (Å²) in [6, 6.07) is 88.0. The maximum Gasteiger partial charge on any atom is 0.0742 e. The van der Waals surface area contributed by atoms with Crippen molar-refractivity contribution in [2.45, 2.75) is 5.41 Å². The lowest BCUT2D eigenvalue weighted by atomic mass is 9.62. The second kappa shape index (κ2) is 14.7. The summed E-state index contributed by atoms with van der Waals surface area (Å²) in [5, 5.41) is 0. The van der Waals surface area contributed by atoms with Crippen LogP contribution in [0.1, 0.15) is 22.3 Å². The van der Waals surface area contributed by atoms with Crippen LogP contribution in [0.25, 0.3) is 22.3 Å². The molecule has 0 amide bonds. The molecule has 9 aromatic carbocycles. The molecule has 270 valence electrons. The maximum atomic E-state index is 2.46. The molecule has 0 fully saturated rings. The Balaban J connectivity index is 1.23. The van der Waals surface area contributed by atoms with E-state index in [-0.39, 0.29) is 0 Å². The van der Waals surface area contributed by atoms with Gasteiger partial charge in [0.1, 0.15) is 0 Å². The first-order valence-electron chi connectivity index (χ1n) is 19.6. The average Bonchev–Trinajstić information content (AvgIpc) is 3.30. The molecule has 1 aliphatic heterocycles. The number of hydrogen-bond donors (Lipinski definition) is 0. The van der Waals surface area contributed by atoms with Crippen LogP contribution in [0.4, 0.5) is 34.1 Å². The Morgan fingerprint density at radius 3 is 1.56 bits per heavy atom. The lowest BCUT2D eigenvalue weighted by Crippen LogP contribution is -2.37. The molecule has 0 N–H and O–H groups in total. The van der Waals surface area contributed by atoms with E-state index < -0.39 is 5.41 Å². The van der Waals surface area contributed by atoms with Gasteiger partial charge in [-0.05, 0) is 93.5 Å². The summed E-state index contributed by atoms with van der Waals surface area (Å²) < 4.78 is 0. The van der Waals surface area contributed by atoms with Gasteiger partial charge in [0.25, 0.3) is 0 Å². The van der Waals surface area contributed by atoms with Crippen LogP contribution in [0.3, 0.4) is 0 Å². The zero-order valence-electron chi connectivity index (χ0n) is 31.5. The summed E-state index contributed by atoms with van der Waals surface area (Å²) in [6.45, 7) is 0. The van der Waals surface area contributed by atoms with Gasteiger partial charge in [-0.25, -0.2) is 0 Å². The first kappa shape index (κ1) is 34.1. The van der Waals surface area contributed by atoms with Gasteiger partial charge in [0, 0.05) is 22.6 Å². The molecule has 1 heterocycles. The van der Waals surface area contributed by atoms with E-state index in [0.29, 0.717) is 0 Å². The zero-order valence-corrected chi connectivity index (χ0v) is 31.5. The summed E-state index contributed by atoms with van der Waals surface area (Å²) in [5.41, 5.74) is 15.8. The minimum atomic E-state index is -0.564. The normalized spacial score (nSPS) is 12.7. The topological polar surface area (TPSA) is 6.48 Å². The van der Waals surface area contributed by atoms with Gasteiger partial charge in [-0.15, -0.1) is 0 Å². The maximum absolute atomic E-state index is 2.46. The number of benzene rings is 9. The van der Waals surface area contributed by atoms with E-state index in [9.17, 15) is 0 Å². The fraction of sp³-hybridized carbons (Fsp3) is 0.0182. The van der Waals surface area contributed by atoms with E-state index in [4.69, 9.17) is 0 Å². The minimum absolute atomic E-state index is 0.564. The monoisotopic (exact) mass is 728 g/mol. The fourth-order valence-electron chi connectivity index (χ4n) is 8.85. The largest absolute Gasteiger partial charge is 0.310 e. The van der Waals surface area contributed by atoms with Gasteiger partial charge >= 0.3 is 0 Å². The van der Waals surface area contributed by atoms with Gasteiger partial charge in [0.05, 0.1) is 22.5 Å². The molecular weight excluding hydrogens is 689 g/mol. The smallest absolute Gasteiger partial charge is 0.0742 e. The molecule has 2 heteroatoms. The van der Waals surface area contributed by atoms with Crippen LogP contribution < -0.4 is 9.80 Å². The van der Waals surface area contributed by atoms with Crippen molar-refractivity contribution in [3.05, 3.63) is 265 Å². The van der Waals surface area contributed by atoms with Gasteiger partial charge in [0.2, 0.25) is 0 Å². The fourth-order valence-corrected chi connectivity index (χ4v) is 8.85. The van der Waals surface area contributed by atoms with Crippen LogP contribution in [0.15, 0.2) is 243 Å². The van der Waals surface area contributed by atoms with Crippen LogP contribution in [-0.4, -0.2) is 0 Å². The van der Waals surface area contributed by atoms with E-state index in [0.717, 1.165) is 45.3 Å². The van der Waals surface area contributed by atoms with Gasteiger partial charge in [-0.2, -0.15) is 0 Å². The van der Waals surface area contributed by atoms with Crippen LogP contribution in [0.5, 0.6) is 0 Å². The lowest BCUT2D eigenvalue weighted by molar-refractivity contribution is 0.731. The zero-order chi connectivity index (χ0) is 38.0. The van der Waals surface area contributed by atoms with Crippen molar-refractivity contribution in [3.8, 4) is 22.3 Å². The highest BCUT2D eigenvalue weighted by atomic mass is 15.2. The van der Waals surface area contributed by atoms with E-state index in [1.807, 2.05) is 0 Å². The molecule has 1 aliphatic rings. The van der Waals surface area contributed by atoms with E-state index in [1.54, 1.807) is 0 Å². The molecule has 0 aliphatic carbocycles. The molecule has 0 bridgehead atoms. The molecule has 10 rings (SSSR count). The van der Waals surface area contributed by atoms with Crippen molar-refractivity contribution in [1.82, 2.24) is 0 Å². The van der Waals surface area contributed by atoms with Gasteiger partial charge in [-0.3, -0.25) is 0 Å². The summed E-state index contributed by atoms with van der Waals surface area (Å²) in [4.78, 5) is 4.85. The lowest BCUT2D eigenvalue weighted by Gasteiger charge is -2.46. The number of rotatable bonds is 8. The van der Waals surface area contributed by atoms with E-state index in [2.05, 4.69) is 252 Å². The summed E-state index contributed by atoms with van der Waals surface area (Å²) in [6.07, 6.45) is 0. The summed E-state index contributed by atoms with van der Waals surface area (Å²) >= 11 is 0. The van der Waals surface area contributed by atoms with Gasteiger partial charge < -0.3 is 9.80 Å². The first-order chi connectivity index (χ1) is 28.3. The molecule has 9 aromatic rings. The highest BCUT2D eigenvalue weighted by Gasteiger charge is 2.46. The van der Waals surface area contributed by atoms with Crippen molar-refractivity contribution in [3.63, 3.8) is 0 Å². The molecule has 0 radical (unpaired) electrons. The predicted octanol–water partition coefficient (Wildman–Crippen LogP) is 14.7. The highest BCUT2D eigenvalue weighted by Crippen LogP contribution is 2.58. The Morgan fingerprint density at radius 1 is 0.333 bits per heavy atom. The van der Waals surface area contributed by atoms with Crippen molar-refractivity contribution < 1.29 is 0 Å². The highest BCUT2D eigenvalue weighted by molar-refractivity contribution is 5.94. The van der Waals surface area contributed by atoms with Crippen molar-refractivity contribution in [2.75, 3.05) is 9.80 Å². The Kier molecular flexibility index (Phi) is 8.78. The number of hydrogen-bond acceptors (Lipinski definition) is 2. The summed E-state index contributed by atoms with van der Waals surface area (Å²) in [5.74, 6) is 0. The van der Waals surface area contributed by atoms with Crippen LogP contribution in [0.2, 0.25) is 0 Å². The van der Waals surface area contributed by atoms with Gasteiger partial charge in [-0.1, -0.05) is 188 Å². The summed E-state index contributed by atoms with van der Waals surface area (Å²) in [7, 11) is 0. The molecule has 0 saturated carbocycles. The Morgan fingerprint density at radius 2 is 0.860 bits per heavy atom. The molecule has 0 aromatic heterocycles. The van der Waals surface area contributed by atoms with Gasteiger partial charge in [0.15, 0.2) is 0 Å². The number of fused-ring (bicyclic) bond motifs is 2. The molecule has 0 unspecified atom stereocenters. The number of nitrogens with zero attached hydrogens (tertiary/aromatic N) is 2. The number of para-hydroxylation sites is 4. The van der Waals surface area contributed by atoms with Crippen molar-refractivity contribution in [1.29, 1.82) is 0 Å². The third-order valence-corrected chi connectivity index (χ3v) is 11.3. The Bertz CT molecular complexity index is 2740. The molecular formula is C55H40N2. The second-order valence-electron chi connectivity index (χ2n) is 14.5. The SMILES string of the molecule is c1ccc(-c2cccc(N(c3ccccc3)c3ccccc3-c3ccc4c(c3)N(c3ccccc3)c3ccccc3C4(c3ccccc3)c3ccccc3)c2)cc1. The van der Waals surface area contributed by atoms with Crippen molar-refractivity contribution in [2.24, 2.45) is 0 Å². The molecule has 0 atom stereocenters. The van der Waals surface area contributed by atoms with E-state index in [1.165, 1.54) is 33.4 Å². The molecule has 0 spiro atoms. The Labute approximate surface area is 335 Å². The third kappa shape index (κ3) is 5.91. The van der Waals surface area contributed by atoms with Crippen LogP contribution in [0, 0.1) is 0 Å². The van der Waals surface area contributed by atoms with Crippen LogP contribution >= 0.6 is 0 Å². The minimum Gasteiger partial charge on any atom is -0.310 e. The second-order valence-corrected chi connectivity index (χ2v) is 14.5. The standard InChI is InChI=1S/C55H40N2/c1-6-21-41(22-7-1)42-23-20-32-48(39-42)56(46-28-12-4-13-29-46)52-35-18-16-33-49(52)43-37-38-51-54(40-43)57(47-30-14-5-15-31-47)53-36-19-17-34-50(53)55(51,44-24-8-2-9-25-44)45-26-10-3-11-27-45/h1-40H. The van der Waals surface area contributed by atoms with Crippen LogP contribution in [-0.2, 0) is 5.41 Å². The predicted molar refractivity (Wildman–Crippen MR) is 239 cm³/mol. The third-order valence-electron chi connectivity index (χ3n) is 11.3. The van der Waals surface area contributed by atoms with Crippen molar-refractivity contribution >= 4 is 34.1 Å². The molecule has 2 nitrogen and oxygen atoms in total.